The maximum absolute atomic E-state index is 13.7. The van der Waals surface area contributed by atoms with Crippen molar-refractivity contribution in [3.63, 3.8) is 0 Å². The first-order valence-electron chi connectivity index (χ1n) is 14.0. The lowest BCUT2D eigenvalue weighted by molar-refractivity contribution is 0.0440. The van der Waals surface area contributed by atoms with E-state index in [-0.39, 0.29) is 42.5 Å². The van der Waals surface area contributed by atoms with Gasteiger partial charge in [-0.1, -0.05) is 48.5 Å². The van der Waals surface area contributed by atoms with Crippen molar-refractivity contribution in [1.29, 1.82) is 0 Å². The van der Waals surface area contributed by atoms with Crippen molar-refractivity contribution in [3.05, 3.63) is 83.3 Å². The van der Waals surface area contributed by atoms with Crippen molar-refractivity contribution < 1.29 is 33.4 Å². The Morgan fingerprint density at radius 3 is 2.29 bits per heavy atom. The van der Waals surface area contributed by atoms with Gasteiger partial charge in [-0.05, 0) is 74.8 Å². The molecule has 216 valence electrons. The zero-order chi connectivity index (χ0) is 29.1. The molecule has 2 amide bonds. The van der Waals surface area contributed by atoms with Gasteiger partial charge in [0.1, 0.15) is 23.5 Å². The Balaban J connectivity index is 1.34. The molecule has 41 heavy (non-hydrogen) atoms. The topological polar surface area (TPSA) is 118 Å². The number of carboxylic acid groups (broad SMARTS) is 1. The smallest absolute Gasteiger partial charge is 0.410 e. The normalized spacial score (nSPS) is 18.2. The molecule has 9 heteroatoms. The molecule has 2 N–H and O–H groups in total. The van der Waals surface area contributed by atoms with Crippen LogP contribution in [0.15, 0.2) is 65.3 Å². The summed E-state index contributed by atoms with van der Waals surface area (Å²) < 4.78 is 16.9. The fraction of sp³-hybridized carbons (Fsp3) is 0.406. The second kappa shape index (κ2) is 11.7. The van der Waals surface area contributed by atoms with Gasteiger partial charge in [0.25, 0.3) is 0 Å². The van der Waals surface area contributed by atoms with Crippen LogP contribution in [0.2, 0.25) is 0 Å². The molecule has 9 nitrogen and oxygen atoms in total. The highest BCUT2D eigenvalue weighted by atomic mass is 16.6. The van der Waals surface area contributed by atoms with Crippen molar-refractivity contribution in [3.8, 4) is 11.1 Å². The molecule has 0 spiro atoms. The molecule has 1 fully saturated rings. The van der Waals surface area contributed by atoms with E-state index in [1.165, 1.54) is 12.3 Å². The zero-order valence-electron chi connectivity index (χ0n) is 23.6. The standard InChI is InChI=1S/C32H36N2O7/c1-32(2,3)41-30(37)33-20-9-8-10-21(17-20)34(18-28-26(29(35)36)15-16-39-28)31(38)40-19-27-24-13-6-4-11-22(24)23-12-5-7-14-25(23)27/h4-7,11-16,20-21,27H,8-10,17-19H2,1-3H3,(H,33,37)(H,35,36)/t20-,21-/m1/s1. The summed E-state index contributed by atoms with van der Waals surface area (Å²) in [5.41, 5.74) is 3.84. The third-order valence-electron chi connectivity index (χ3n) is 7.67. The highest BCUT2D eigenvalue weighted by Crippen LogP contribution is 2.44. The molecule has 0 saturated heterocycles. The average molecular weight is 561 g/mol. The van der Waals surface area contributed by atoms with Crippen molar-refractivity contribution in [2.45, 2.75) is 76.6 Å². The second-order valence-corrected chi connectivity index (χ2v) is 11.7. The van der Waals surface area contributed by atoms with Gasteiger partial charge >= 0.3 is 18.2 Å². The van der Waals surface area contributed by atoms with Crippen molar-refractivity contribution in [2.24, 2.45) is 0 Å². The van der Waals surface area contributed by atoms with Crippen LogP contribution >= 0.6 is 0 Å². The number of hydrogen-bond acceptors (Lipinski definition) is 6. The van der Waals surface area contributed by atoms with Gasteiger partial charge in [0.2, 0.25) is 0 Å². The number of ether oxygens (including phenoxy) is 2. The number of amides is 2. The van der Waals surface area contributed by atoms with Crippen LogP contribution in [0.4, 0.5) is 9.59 Å². The molecule has 2 atom stereocenters. The van der Waals surface area contributed by atoms with E-state index in [1.54, 1.807) is 25.7 Å². The summed E-state index contributed by atoms with van der Waals surface area (Å²) in [4.78, 5) is 39.5. The quantitative estimate of drug-likeness (QED) is 0.336. The minimum Gasteiger partial charge on any atom is -0.478 e. The molecule has 5 rings (SSSR count). The molecule has 2 aliphatic rings. The Morgan fingerprint density at radius 1 is 1.00 bits per heavy atom. The van der Waals surface area contributed by atoms with Crippen LogP contribution in [0.1, 0.15) is 79.6 Å². The maximum Gasteiger partial charge on any atom is 0.410 e. The molecular weight excluding hydrogens is 524 g/mol. The monoisotopic (exact) mass is 560 g/mol. The van der Waals surface area contributed by atoms with E-state index in [1.807, 2.05) is 24.3 Å². The van der Waals surface area contributed by atoms with E-state index in [2.05, 4.69) is 29.6 Å². The molecule has 1 aromatic heterocycles. The molecule has 2 aromatic carbocycles. The van der Waals surface area contributed by atoms with Gasteiger partial charge in [-0.25, -0.2) is 14.4 Å². The predicted molar refractivity (Wildman–Crippen MR) is 152 cm³/mol. The Hall–Kier alpha value is -4.27. The van der Waals surface area contributed by atoms with Crippen LogP contribution in [0, 0.1) is 0 Å². The largest absolute Gasteiger partial charge is 0.478 e. The number of carbonyl (C=O) groups excluding carboxylic acids is 2. The number of alkyl carbamates (subject to hydrolysis) is 1. The van der Waals surface area contributed by atoms with E-state index in [0.29, 0.717) is 12.8 Å². The van der Waals surface area contributed by atoms with Crippen molar-refractivity contribution in [2.75, 3.05) is 6.61 Å². The van der Waals surface area contributed by atoms with E-state index >= 15 is 0 Å². The fourth-order valence-electron chi connectivity index (χ4n) is 5.88. The summed E-state index contributed by atoms with van der Waals surface area (Å²) in [6.07, 6.45) is 2.92. The number of hydrogen-bond donors (Lipinski definition) is 2. The lowest BCUT2D eigenvalue weighted by Gasteiger charge is -2.37. The fourth-order valence-corrected chi connectivity index (χ4v) is 5.88. The first kappa shape index (κ1) is 28.3. The summed E-state index contributed by atoms with van der Waals surface area (Å²) in [7, 11) is 0. The summed E-state index contributed by atoms with van der Waals surface area (Å²) in [5, 5.41) is 12.6. The van der Waals surface area contributed by atoms with E-state index in [4.69, 9.17) is 13.9 Å². The Labute approximate surface area is 239 Å². The van der Waals surface area contributed by atoms with Crippen LogP contribution in [-0.4, -0.2) is 52.5 Å². The van der Waals surface area contributed by atoms with E-state index in [9.17, 15) is 19.5 Å². The number of nitrogens with zero attached hydrogens (tertiary/aromatic N) is 1. The Morgan fingerprint density at radius 2 is 1.66 bits per heavy atom. The van der Waals surface area contributed by atoms with Gasteiger partial charge in [-0.15, -0.1) is 0 Å². The first-order valence-corrected chi connectivity index (χ1v) is 14.0. The molecule has 0 aliphatic heterocycles. The van der Waals surface area contributed by atoms with Crippen LogP contribution < -0.4 is 5.32 Å². The van der Waals surface area contributed by atoms with Gasteiger partial charge in [-0.3, -0.25) is 4.90 Å². The minimum absolute atomic E-state index is 0.000636. The SMILES string of the molecule is CC(C)(C)OC(=O)N[C@@H]1CCC[C@@H](N(Cc2occc2C(=O)O)C(=O)OCC2c3ccccc3-c3ccccc32)C1. The number of rotatable bonds is 7. The number of fused-ring (bicyclic) bond motifs is 3. The summed E-state index contributed by atoms with van der Waals surface area (Å²) in [6, 6.07) is 17.1. The lowest BCUT2D eigenvalue weighted by Crippen LogP contribution is -2.48. The molecule has 0 unspecified atom stereocenters. The predicted octanol–water partition coefficient (Wildman–Crippen LogP) is 6.56. The highest BCUT2D eigenvalue weighted by molar-refractivity contribution is 5.88. The summed E-state index contributed by atoms with van der Waals surface area (Å²) in [5.74, 6) is -1.07. The second-order valence-electron chi connectivity index (χ2n) is 11.7. The molecule has 2 aliphatic carbocycles. The van der Waals surface area contributed by atoms with Crippen molar-refractivity contribution in [1.82, 2.24) is 10.2 Å². The highest BCUT2D eigenvalue weighted by Gasteiger charge is 2.35. The number of furan rings is 1. The molecule has 1 heterocycles. The molecule has 0 bridgehead atoms. The Bertz CT molecular complexity index is 1380. The maximum atomic E-state index is 13.7. The third-order valence-corrected chi connectivity index (χ3v) is 7.67. The van der Waals surface area contributed by atoms with Crippen LogP contribution in [0.25, 0.3) is 11.1 Å². The van der Waals surface area contributed by atoms with E-state index in [0.717, 1.165) is 35.1 Å². The number of benzene rings is 2. The molecular formula is C32H36N2O7. The summed E-state index contributed by atoms with van der Waals surface area (Å²) in [6.45, 7) is 5.49. The first-order chi connectivity index (χ1) is 19.6. The number of nitrogens with one attached hydrogen (secondary N) is 1. The van der Waals surface area contributed by atoms with Crippen molar-refractivity contribution >= 4 is 18.2 Å². The molecule has 3 aromatic rings. The lowest BCUT2D eigenvalue weighted by atomic mass is 9.90. The van der Waals surface area contributed by atoms with Gasteiger partial charge in [0.15, 0.2) is 0 Å². The van der Waals surface area contributed by atoms with Gasteiger partial charge in [0, 0.05) is 18.0 Å². The number of carbonyl (C=O) groups is 3. The van der Waals surface area contributed by atoms with Crippen LogP contribution in [-0.2, 0) is 16.0 Å². The van der Waals surface area contributed by atoms with Gasteiger partial charge in [0.05, 0.1) is 12.8 Å². The van der Waals surface area contributed by atoms with Crippen LogP contribution in [0.3, 0.4) is 0 Å². The Kier molecular flexibility index (Phi) is 8.06. The van der Waals surface area contributed by atoms with Gasteiger partial charge < -0.3 is 24.3 Å². The molecule has 0 radical (unpaired) electrons. The number of aromatic carboxylic acids is 1. The zero-order valence-corrected chi connectivity index (χ0v) is 23.6. The van der Waals surface area contributed by atoms with E-state index < -0.39 is 23.8 Å². The van der Waals surface area contributed by atoms with Gasteiger partial charge in [-0.2, -0.15) is 0 Å². The van der Waals surface area contributed by atoms with Crippen LogP contribution in [0.5, 0.6) is 0 Å². The average Bonchev–Trinajstić information content (AvgIpc) is 3.52. The number of carboxylic acids is 1. The minimum atomic E-state index is -1.13. The molecule has 1 saturated carbocycles. The third kappa shape index (κ3) is 6.39. The summed E-state index contributed by atoms with van der Waals surface area (Å²) >= 11 is 0.